The normalized spacial score (nSPS) is 23.2. The van der Waals surface area contributed by atoms with Gasteiger partial charge in [0.05, 0.1) is 30.6 Å². The number of rotatable bonds is 3. The number of nitrogens with zero attached hydrogens (tertiary/aromatic N) is 4. The van der Waals surface area contributed by atoms with Crippen LogP contribution >= 0.6 is 0 Å². The molecule has 0 saturated carbocycles. The molecule has 0 radical (unpaired) electrons. The van der Waals surface area contributed by atoms with Crippen LogP contribution in [0.2, 0.25) is 0 Å². The fraction of sp³-hybridized carbons (Fsp3) is 0.471. The third kappa shape index (κ3) is 2.86. The number of piperidine rings is 1. The van der Waals surface area contributed by atoms with Gasteiger partial charge < -0.3 is 9.64 Å². The second-order valence-corrected chi connectivity index (χ2v) is 6.20. The maximum atomic E-state index is 12.5. The highest BCUT2D eigenvalue weighted by Crippen LogP contribution is 2.30. The van der Waals surface area contributed by atoms with Crippen molar-refractivity contribution in [2.24, 2.45) is 0 Å². The van der Waals surface area contributed by atoms with Gasteiger partial charge in [-0.2, -0.15) is 0 Å². The molecule has 1 amide bonds. The number of benzene rings is 1. The first-order chi connectivity index (χ1) is 11.3. The van der Waals surface area contributed by atoms with E-state index < -0.39 is 0 Å². The van der Waals surface area contributed by atoms with Gasteiger partial charge in [0.2, 0.25) is 5.91 Å². The molecule has 1 fully saturated rings. The molecular weight excluding hydrogens is 292 g/mol. The highest BCUT2D eigenvalue weighted by molar-refractivity contribution is 5.76. The fourth-order valence-electron chi connectivity index (χ4n) is 3.46. The number of carbonyl (C=O) groups is 1. The lowest BCUT2D eigenvalue weighted by atomic mass is 9.99. The topological polar surface area (TPSA) is 60.3 Å². The van der Waals surface area contributed by atoms with Gasteiger partial charge in [0.15, 0.2) is 0 Å². The summed E-state index contributed by atoms with van der Waals surface area (Å²) in [6.07, 6.45) is 4.08. The smallest absolute Gasteiger partial charge is 0.222 e. The van der Waals surface area contributed by atoms with Crippen molar-refractivity contribution >= 4 is 5.91 Å². The summed E-state index contributed by atoms with van der Waals surface area (Å²) in [5, 5.41) is 8.15. The Morgan fingerprint density at radius 3 is 3.04 bits per heavy atom. The lowest BCUT2D eigenvalue weighted by Crippen LogP contribution is -2.49. The van der Waals surface area contributed by atoms with Crippen molar-refractivity contribution in [3.8, 4) is 0 Å². The molecular formula is C17H20N4O2. The van der Waals surface area contributed by atoms with E-state index in [0.29, 0.717) is 19.6 Å². The van der Waals surface area contributed by atoms with Gasteiger partial charge in [-0.15, -0.1) is 5.10 Å². The van der Waals surface area contributed by atoms with Crippen LogP contribution < -0.4 is 0 Å². The number of hydrogen-bond donors (Lipinski definition) is 0. The maximum absolute atomic E-state index is 12.5. The Bertz CT molecular complexity index is 685. The van der Waals surface area contributed by atoms with Crippen molar-refractivity contribution in [3.63, 3.8) is 0 Å². The summed E-state index contributed by atoms with van der Waals surface area (Å²) in [5.41, 5.74) is 2.19. The minimum atomic E-state index is 0.0932. The van der Waals surface area contributed by atoms with E-state index in [1.807, 2.05) is 27.8 Å². The molecule has 6 heteroatoms. The minimum absolute atomic E-state index is 0.0932. The minimum Gasteiger partial charge on any atom is -0.370 e. The van der Waals surface area contributed by atoms with Gasteiger partial charge in [-0.1, -0.05) is 35.5 Å². The van der Waals surface area contributed by atoms with Crippen LogP contribution in [0.4, 0.5) is 0 Å². The van der Waals surface area contributed by atoms with Crippen molar-refractivity contribution in [1.82, 2.24) is 19.9 Å². The van der Waals surface area contributed by atoms with Gasteiger partial charge in [-0.05, 0) is 18.4 Å². The lowest BCUT2D eigenvalue weighted by Gasteiger charge is -2.41. The first-order valence-electron chi connectivity index (χ1n) is 8.13. The van der Waals surface area contributed by atoms with Crippen LogP contribution in [0.1, 0.15) is 30.1 Å². The van der Waals surface area contributed by atoms with Crippen LogP contribution in [0.3, 0.4) is 0 Å². The first kappa shape index (κ1) is 14.4. The molecule has 2 aromatic rings. The van der Waals surface area contributed by atoms with Crippen LogP contribution in [-0.4, -0.2) is 45.0 Å². The monoisotopic (exact) mass is 312 g/mol. The Kier molecular flexibility index (Phi) is 3.83. The maximum Gasteiger partial charge on any atom is 0.222 e. The largest absolute Gasteiger partial charge is 0.370 e. The Labute approximate surface area is 135 Å². The molecule has 6 nitrogen and oxygen atoms in total. The van der Waals surface area contributed by atoms with E-state index in [1.54, 1.807) is 6.20 Å². The van der Waals surface area contributed by atoms with E-state index in [1.165, 1.54) is 5.56 Å². The average molecular weight is 312 g/mol. The number of aromatic nitrogens is 3. The van der Waals surface area contributed by atoms with E-state index in [-0.39, 0.29) is 18.1 Å². The number of fused-ring (bicyclic) bond motifs is 3. The van der Waals surface area contributed by atoms with Crippen LogP contribution in [0.5, 0.6) is 0 Å². The Morgan fingerprint density at radius 1 is 1.30 bits per heavy atom. The van der Waals surface area contributed by atoms with E-state index >= 15 is 0 Å². The Balaban J connectivity index is 1.40. The third-order valence-corrected chi connectivity index (χ3v) is 4.75. The molecule has 1 saturated heterocycles. The van der Waals surface area contributed by atoms with Gasteiger partial charge in [0, 0.05) is 19.5 Å². The van der Waals surface area contributed by atoms with Gasteiger partial charge in [0.25, 0.3) is 0 Å². The molecule has 0 unspecified atom stereocenters. The van der Waals surface area contributed by atoms with Crippen molar-refractivity contribution in [1.29, 1.82) is 0 Å². The summed E-state index contributed by atoms with van der Waals surface area (Å²) in [6.45, 7) is 1.99. The van der Waals surface area contributed by atoms with Crippen LogP contribution in [0.25, 0.3) is 0 Å². The van der Waals surface area contributed by atoms with E-state index in [4.69, 9.17) is 4.74 Å². The molecule has 3 heterocycles. The van der Waals surface area contributed by atoms with Crippen molar-refractivity contribution in [2.45, 2.75) is 38.0 Å². The number of carbonyl (C=O) groups excluding carboxylic acids is 1. The Morgan fingerprint density at radius 2 is 2.17 bits per heavy atom. The Hall–Kier alpha value is -2.21. The molecule has 0 spiro atoms. The molecule has 2 atom stereocenters. The van der Waals surface area contributed by atoms with Crippen molar-refractivity contribution in [3.05, 3.63) is 47.8 Å². The molecule has 1 aromatic carbocycles. The van der Waals surface area contributed by atoms with E-state index in [9.17, 15) is 4.79 Å². The second-order valence-electron chi connectivity index (χ2n) is 6.20. The predicted octanol–water partition coefficient (Wildman–Crippen LogP) is 1.58. The highest BCUT2D eigenvalue weighted by atomic mass is 16.5. The van der Waals surface area contributed by atoms with Crippen molar-refractivity contribution in [2.75, 3.05) is 13.1 Å². The third-order valence-electron chi connectivity index (χ3n) is 4.75. The summed E-state index contributed by atoms with van der Waals surface area (Å²) in [7, 11) is 0. The molecule has 0 N–H and O–H groups in total. The molecule has 4 rings (SSSR count). The number of ether oxygens (including phenoxy) is 1. The van der Waals surface area contributed by atoms with Crippen LogP contribution in [0.15, 0.2) is 36.5 Å². The zero-order valence-corrected chi connectivity index (χ0v) is 13.0. The highest BCUT2D eigenvalue weighted by Gasteiger charge is 2.37. The van der Waals surface area contributed by atoms with E-state index in [2.05, 4.69) is 22.4 Å². The SMILES string of the molecule is O=C(CCc1ccccc1)N1CC[C@H]2OCc3cnnn3[C@H]2C1. The number of aryl methyl sites for hydroxylation is 1. The first-order valence-corrected chi connectivity index (χ1v) is 8.13. The zero-order chi connectivity index (χ0) is 15.6. The van der Waals surface area contributed by atoms with Gasteiger partial charge in [-0.3, -0.25) is 4.79 Å². The number of likely N-dealkylation sites (tertiary alicyclic amines) is 1. The number of hydrogen-bond acceptors (Lipinski definition) is 4. The second kappa shape index (κ2) is 6.12. The summed E-state index contributed by atoms with van der Waals surface area (Å²) >= 11 is 0. The van der Waals surface area contributed by atoms with Gasteiger partial charge in [0.1, 0.15) is 0 Å². The standard InChI is InChI=1S/C17H20N4O2/c22-17(7-6-13-4-2-1-3-5-13)20-9-8-16-15(11-20)21-14(12-23-16)10-18-19-21/h1-5,10,15-16H,6-9,11-12H2/t15-,16+/m0/s1. The van der Waals surface area contributed by atoms with E-state index in [0.717, 1.165) is 25.1 Å². The molecule has 23 heavy (non-hydrogen) atoms. The molecule has 0 bridgehead atoms. The predicted molar refractivity (Wildman–Crippen MR) is 83.6 cm³/mol. The zero-order valence-electron chi connectivity index (χ0n) is 13.0. The lowest BCUT2D eigenvalue weighted by molar-refractivity contribution is -0.138. The van der Waals surface area contributed by atoms with Gasteiger partial charge in [-0.25, -0.2) is 4.68 Å². The number of amides is 1. The molecule has 0 aliphatic carbocycles. The summed E-state index contributed by atoms with van der Waals surface area (Å²) < 4.78 is 7.82. The molecule has 120 valence electrons. The molecule has 1 aromatic heterocycles. The van der Waals surface area contributed by atoms with Crippen LogP contribution in [-0.2, 0) is 22.6 Å². The summed E-state index contributed by atoms with van der Waals surface area (Å²) in [6, 6.07) is 10.2. The van der Waals surface area contributed by atoms with Gasteiger partial charge >= 0.3 is 0 Å². The summed E-state index contributed by atoms with van der Waals surface area (Å²) in [4.78, 5) is 14.5. The summed E-state index contributed by atoms with van der Waals surface area (Å²) in [5.74, 6) is 0.208. The molecule has 2 aliphatic heterocycles. The van der Waals surface area contributed by atoms with Crippen LogP contribution in [0, 0.1) is 0 Å². The quantitative estimate of drug-likeness (QED) is 0.863. The fourth-order valence-corrected chi connectivity index (χ4v) is 3.46. The average Bonchev–Trinajstić information content (AvgIpc) is 3.09. The molecule has 2 aliphatic rings. The van der Waals surface area contributed by atoms with Crippen molar-refractivity contribution < 1.29 is 9.53 Å².